The third kappa shape index (κ3) is 11.7. The van der Waals surface area contributed by atoms with E-state index in [1.54, 1.807) is 21.3 Å². The van der Waals surface area contributed by atoms with Crippen LogP contribution in [0.25, 0.3) is 10.8 Å². The highest BCUT2D eigenvalue weighted by atomic mass is 16.7. The van der Waals surface area contributed by atoms with Gasteiger partial charge >= 0.3 is 0 Å². The molecule has 0 aromatic heterocycles. The van der Waals surface area contributed by atoms with Crippen LogP contribution in [0.15, 0.2) is 84.9 Å². The summed E-state index contributed by atoms with van der Waals surface area (Å²) in [6.45, 7) is 8.08. The minimum Gasteiger partial charge on any atom is -0.496 e. The smallest absolute Gasteiger partial charge is 0.146 e. The number of fused-ring (bicyclic) bond motifs is 1. The minimum absolute atomic E-state index is 0.0429. The van der Waals surface area contributed by atoms with Gasteiger partial charge in [0, 0.05) is 36.9 Å². The van der Waals surface area contributed by atoms with Crippen molar-refractivity contribution in [3.63, 3.8) is 0 Å². The van der Waals surface area contributed by atoms with Gasteiger partial charge in [-0.25, -0.2) is 0 Å². The SMILES string of the molecule is CCNCC(OCOC)C(C)c1ccc(OCCCOCc2ccccc2OC)cc1.COc1cc(CO)cc2ccccc12. The van der Waals surface area contributed by atoms with Crippen molar-refractivity contribution in [3.8, 4) is 17.2 Å². The lowest BCUT2D eigenvalue weighted by Gasteiger charge is -2.25. The van der Waals surface area contributed by atoms with Crippen molar-refractivity contribution in [2.75, 3.05) is 54.4 Å². The van der Waals surface area contributed by atoms with Crippen LogP contribution in [-0.4, -0.2) is 65.6 Å². The Kier molecular flexibility index (Phi) is 16.2. The third-order valence-corrected chi connectivity index (χ3v) is 7.40. The summed E-state index contributed by atoms with van der Waals surface area (Å²) in [6, 6.07) is 27.9. The summed E-state index contributed by atoms with van der Waals surface area (Å²) in [5.41, 5.74) is 3.14. The molecule has 4 aromatic rings. The maximum Gasteiger partial charge on any atom is 0.146 e. The standard InChI is InChI=1S/C25H37NO5.C12H12O2/c1-5-26-17-25(31-19-27-3)20(2)21-11-13-23(14-12-21)30-16-8-15-29-18-22-9-6-7-10-24(22)28-4;1-14-12-7-9(8-13)6-10-4-2-3-5-11(10)12/h6-7,9-14,20,25-26H,5,8,15-19H2,1-4H3;2-7,13H,8H2,1H3. The number of ether oxygens (including phenoxy) is 6. The first kappa shape index (κ1) is 35.8. The third-order valence-electron chi connectivity index (χ3n) is 7.40. The summed E-state index contributed by atoms with van der Waals surface area (Å²) in [5.74, 6) is 2.77. The van der Waals surface area contributed by atoms with Crippen molar-refractivity contribution in [1.82, 2.24) is 5.32 Å². The highest BCUT2D eigenvalue weighted by Gasteiger charge is 2.19. The van der Waals surface area contributed by atoms with Gasteiger partial charge in [-0.15, -0.1) is 0 Å². The predicted octanol–water partition coefficient (Wildman–Crippen LogP) is 6.72. The van der Waals surface area contributed by atoms with Crippen LogP contribution < -0.4 is 19.5 Å². The van der Waals surface area contributed by atoms with Crippen LogP contribution in [0, 0.1) is 0 Å². The number of benzene rings is 4. The van der Waals surface area contributed by atoms with E-state index >= 15 is 0 Å². The summed E-state index contributed by atoms with van der Waals surface area (Å²) >= 11 is 0. The molecule has 45 heavy (non-hydrogen) atoms. The molecule has 2 N–H and O–H groups in total. The number of hydrogen-bond donors (Lipinski definition) is 2. The van der Waals surface area contributed by atoms with Crippen LogP contribution in [0.2, 0.25) is 0 Å². The Morgan fingerprint density at radius 2 is 1.56 bits per heavy atom. The number of aliphatic hydroxyl groups excluding tert-OH is 1. The molecule has 8 heteroatoms. The van der Waals surface area contributed by atoms with Crippen LogP contribution in [0.1, 0.15) is 42.9 Å². The van der Waals surface area contributed by atoms with E-state index in [9.17, 15) is 0 Å². The highest BCUT2D eigenvalue weighted by molar-refractivity contribution is 5.89. The Morgan fingerprint density at radius 3 is 2.27 bits per heavy atom. The first-order chi connectivity index (χ1) is 22.0. The lowest BCUT2D eigenvalue weighted by atomic mass is 9.95. The van der Waals surface area contributed by atoms with Crippen molar-refractivity contribution in [2.24, 2.45) is 0 Å². The van der Waals surface area contributed by atoms with Gasteiger partial charge in [-0.3, -0.25) is 0 Å². The lowest BCUT2D eigenvalue weighted by Crippen LogP contribution is -2.33. The molecular formula is C37H49NO7. The molecule has 2 unspecified atom stereocenters. The van der Waals surface area contributed by atoms with E-state index in [1.807, 2.05) is 72.8 Å². The van der Waals surface area contributed by atoms with E-state index in [1.165, 1.54) is 5.56 Å². The number of hydrogen-bond acceptors (Lipinski definition) is 8. The summed E-state index contributed by atoms with van der Waals surface area (Å²) < 4.78 is 33.1. The molecule has 0 bridgehead atoms. The predicted molar refractivity (Wildman–Crippen MR) is 179 cm³/mol. The molecule has 2 atom stereocenters. The zero-order valence-electron chi connectivity index (χ0n) is 27.3. The van der Waals surface area contributed by atoms with Gasteiger partial charge in [-0.05, 0) is 53.4 Å². The van der Waals surface area contributed by atoms with E-state index in [-0.39, 0.29) is 18.6 Å². The van der Waals surface area contributed by atoms with Crippen molar-refractivity contribution in [2.45, 2.75) is 45.5 Å². The molecule has 0 aliphatic carbocycles. The van der Waals surface area contributed by atoms with E-state index < -0.39 is 0 Å². The highest BCUT2D eigenvalue weighted by Crippen LogP contribution is 2.27. The molecule has 4 rings (SSSR count). The molecule has 0 aliphatic rings. The average molecular weight is 620 g/mol. The molecule has 0 radical (unpaired) electrons. The van der Waals surface area contributed by atoms with Gasteiger partial charge in [0.2, 0.25) is 0 Å². The van der Waals surface area contributed by atoms with Crippen LogP contribution in [-0.2, 0) is 27.4 Å². The molecule has 244 valence electrons. The Bertz CT molecular complexity index is 1370. The number of rotatable bonds is 18. The van der Waals surface area contributed by atoms with Gasteiger partial charge in [0.25, 0.3) is 0 Å². The molecule has 0 saturated carbocycles. The average Bonchev–Trinajstić information content (AvgIpc) is 3.09. The molecule has 0 heterocycles. The monoisotopic (exact) mass is 619 g/mol. The minimum atomic E-state index is 0.0429. The van der Waals surface area contributed by atoms with Crippen LogP contribution >= 0.6 is 0 Å². The number of methoxy groups -OCH3 is 3. The maximum absolute atomic E-state index is 9.06. The molecule has 4 aromatic carbocycles. The lowest BCUT2D eigenvalue weighted by molar-refractivity contribution is -0.0774. The zero-order valence-corrected chi connectivity index (χ0v) is 27.3. The normalized spacial score (nSPS) is 12.2. The van der Waals surface area contributed by atoms with Gasteiger partial charge in [0.15, 0.2) is 0 Å². The molecule has 0 spiro atoms. The van der Waals surface area contributed by atoms with E-state index in [0.29, 0.717) is 26.6 Å². The fourth-order valence-corrected chi connectivity index (χ4v) is 4.85. The Balaban J connectivity index is 0.000000325. The van der Waals surface area contributed by atoms with Crippen LogP contribution in [0.5, 0.6) is 17.2 Å². The molecule has 8 nitrogen and oxygen atoms in total. The Morgan fingerprint density at radius 1 is 0.822 bits per heavy atom. The molecule has 0 saturated heterocycles. The molecule has 0 amide bonds. The van der Waals surface area contributed by atoms with Crippen LogP contribution in [0.4, 0.5) is 0 Å². The zero-order chi connectivity index (χ0) is 32.3. The first-order valence-corrected chi connectivity index (χ1v) is 15.4. The molecule has 0 aliphatic heterocycles. The van der Waals surface area contributed by atoms with E-state index in [2.05, 4.69) is 31.3 Å². The second-order valence-electron chi connectivity index (χ2n) is 10.5. The molecular weight excluding hydrogens is 570 g/mol. The number of aliphatic hydroxyl groups is 1. The van der Waals surface area contributed by atoms with Gasteiger partial charge in [-0.1, -0.05) is 68.4 Å². The topological polar surface area (TPSA) is 87.6 Å². The summed E-state index contributed by atoms with van der Waals surface area (Å²) in [5, 5.41) is 14.6. The van der Waals surface area contributed by atoms with Crippen molar-refractivity contribution in [3.05, 3.63) is 102 Å². The Hall–Kier alpha value is -3.66. The fourth-order valence-electron chi connectivity index (χ4n) is 4.85. The second kappa shape index (κ2) is 20.4. The van der Waals surface area contributed by atoms with Gasteiger partial charge in [0.1, 0.15) is 24.0 Å². The Labute approximate surface area is 268 Å². The number of para-hydroxylation sites is 1. The van der Waals surface area contributed by atoms with E-state index in [0.717, 1.165) is 58.7 Å². The second-order valence-corrected chi connectivity index (χ2v) is 10.5. The van der Waals surface area contributed by atoms with E-state index in [4.69, 9.17) is 33.5 Å². The van der Waals surface area contributed by atoms with Crippen molar-refractivity contribution in [1.29, 1.82) is 0 Å². The summed E-state index contributed by atoms with van der Waals surface area (Å²) in [6.07, 6.45) is 0.871. The maximum atomic E-state index is 9.06. The quantitative estimate of drug-likeness (QED) is 0.0938. The van der Waals surface area contributed by atoms with Crippen molar-refractivity contribution < 1.29 is 33.5 Å². The largest absolute Gasteiger partial charge is 0.496 e. The summed E-state index contributed by atoms with van der Waals surface area (Å²) in [4.78, 5) is 0. The van der Waals surface area contributed by atoms with Gasteiger partial charge in [0.05, 0.1) is 46.8 Å². The van der Waals surface area contributed by atoms with Gasteiger partial charge < -0.3 is 38.8 Å². The van der Waals surface area contributed by atoms with Crippen LogP contribution in [0.3, 0.4) is 0 Å². The number of likely N-dealkylation sites (N-methyl/N-ethyl adjacent to an activating group) is 1. The summed E-state index contributed by atoms with van der Waals surface area (Å²) in [7, 11) is 4.96. The fraction of sp³-hybridized carbons (Fsp3) is 0.405. The van der Waals surface area contributed by atoms with Crippen molar-refractivity contribution >= 4 is 10.8 Å². The number of nitrogens with one attached hydrogen (secondary N) is 1. The van der Waals surface area contributed by atoms with Gasteiger partial charge in [-0.2, -0.15) is 0 Å². The molecule has 0 fully saturated rings. The first-order valence-electron chi connectivity index (χ1n) is 15.4.